The SMILES string of the molecule is Cc1cc(C(c2ccccc2Cl)n2ccnc2)cc2c1CCCC2. The Morgan fingerprint density at radius 2 is 1.96 bits per heavy atom. The zero-order chi connectivity index (χ0) is 16.5. The van der Waals surface area contributed by atoms with Crippen LogP contribution in [-0.4, -0.2) is 9.55 Å². The van der Waals surface area contributed by atoms with Crippen molar-refractivity contribution in [2.75, 3.05) is 0 Å². The third-order valence-electron chi connectivity index (χ3n) is 5.05. The number of aromatic nitrogens is 2. The van der Waals surface area contributed by atoms with Crippen molar-refractivity contribution in [2.24, 2.45) is 0 Å². The molecule has 24 heavy (non-hydrogen) atoms. The van der Waals surface area contributed by atoms with E-state index in [0.717, 1.165) is 10.6 Å². The molecule has 1 unspecified atom stereocenters. The normalized spacial score (nSPS) is 15.1. The van der Waals surface area contributed by atoms with Crippen LogP contribution in [0.2, 0.25) is 5.02 Å². The molecule has 4 rings (SSSR count). The first-order valence-electron chi connectivity index (χ1n) is 8.58. The molecule has 122 valence electrons. The maximum absolute atomic E-state index is 6.54. The number of imidazole rings is 1. The highest BCUT2D eigenvalue weighted by molar-refractivity contribution is 6.31. The van der Waals surface area contributed by atoms with Crippen LogP contribution in [0.5, 0.6) is 0 Å². The van der Waals surface area contributed by atoms with Crippen LogP contribution in [0.1, 0.15) is 46.7 Å². The molecule has 1 aliphatic rings. The van der Waals surface area contributed by atoms with Crippen molar-refractivity contribution in [3.63, 3.8) is 0 Å². The van der Waals surface area contributed by atoms with Gasteiger partial charge < -0.3 is 4.57 Å². The summed E-state index contributed by atoms with van der Waals surface area (Å²) in [5.74, 6) is 0. The first-order chi connectivity index (χ1) is 11.7. The van der Waals surface area contributed by atoms with Crippen LogP contribution in [0, 0.1) is 6.92 Å². The summed E-state index contributed by atoms with van der Waals surface area (Å²) >= 11 is 6.54. The summed E-state index contributed by atoms with van der Waals surface area (Å²) in [5.41, 5.74) is 6.87. The van der Waals surface area contributed by atoms with Crippen LogP contribution in [-0.2, 0) is 12.8 Å². The predicted molar refractivity (Wildman–Crippen MR) is 98.7 cm³/mol. The Hall–Kier alpha value is -2.06. The van der Waals surface area contributed by atoms with Crippen molar-refractivity contribution in [1.82, 2.24) is 9.55 Å². The molecule has 2 nitrogen and oxygen atoms in total. The first kappa shape index (κ1) is 15.5. The number of fused-ring (bicyclic) bond motifs is 1. The lowest BCUT2D eigenvalue weighted by Crippen LogP contribution is -2.14. The zero-order valence-corrected chi connectivity index (χ0v) is 14.6. The summed E-state index contributed by atoms with van der Waals surface area (Å²) in [6, 6.07) is 12.9. The smallest absolute Gasteiger partial charge is 0.0954 e. The van der Waals surface area contributed by atoms with E-state index in [2.05, 4.69) is 40.7 Å². The van der Waals surface area contributed by atoms with Gasteiger partial charge in [-0.15, -0.1) is 0 Å². The number of nitrogens with zero attached hydrogens (tertiary/aromatic N) is 2. The van der Waals surface area contributed by atoms with Gasteiger partial charge in [0, 0.05) is 17.4 Å². The van der Waals surface area contributed by atoms with E-state index in [0.29, 0.717) is 0 Å². The average Bonchev–Trinajstić information content (AvgIpc) is 3.11. The van der Waals surface area contributed by atoms with E-state index in [9.17, 15) is 0 Å². The van der Waals surface area contributed by atoms with E-state index in [1.54, 1.807) is 5.56 Å². The first-order valence-corrected chi connectivity index (χ1v) is 8.96. The lowest BCUT2D eigenvalue weighted by atomic mass is 9.85. The van der Waals surface area contributed by atoms with Crippen LogP contribution in [0.25, 0.3) is 0 Å². The van der Waals surface area contributed by atoms with Crippen molar-refractivity contribution in [1.29, 1.82) is 0 Å². The van der Waals surface area contributed by atoms with Crippen LogP contribution in [0.4, 0.5) is 0 Å². The minimum absolute atomic E-state index is 0.0622. The number of rotatable bonds is 3. The van der Waals surface area contributed by atoms with Crippen molar-refractivity contribution in [3.8, 4) is 0 Å². The summed E-state index contributed by atoms with van der Waals surface area (Å²) < 4.78 is 2.14. The minimum Gasteiger partial charge on any atom is -0.326 e. The van der Waals surface area contributed by atoms with Crippen LogP contribution < -0.4 is 0 Å². The fourth-order valence-corrected chi connectivity index (χ4v) is 4.15. The molecule has 1 atom stereocenters. The average molecular weight is 337 g/mol. The largest absolute Gasteiger partial charge is 0.326 e. The molecular formula is C21H21ClN2. The van der Waals surface area contributed by atoms with Gasteiger partial charge in [-0.05, 0) is 66.5 Å². The molecule has 1 aromatic heterocycles. The number of benzene rings is 2. The van der Waals surface area contributed by atoms with Gasteiger partial charge in [-0.1, -0.05) is 41.9 Å². The highest BCUT2D eigenvalue weighted by Gasteiger charge is 2.21. The Labute approximate surface area is 148 Å². The molecule has 0 aliphatic heterocycles. The second-order valence-electron chi connectivity index (χ2n) is 6.62. The Bertz CT molecular complexity index is 852. The maximum atomic E-state index is 6.54. The van der Waals surface area contributed by atoms with Gasteiger partial charge in [0.2, 0.25) is 0 Å². The Balaban J connectivity index is 1.89. The number of aryl methyl sites for hydroxylation is 2. The zero-order valence-electron chi connectivity index (χ0n) is 13.9. The fraction of sp³-hybridized carbons (Fsp3) is 0.286. The van der Waals surface area contributed by atoms with Crippen molar-refractivity contribution >= 4 is 11.6 Å². The molecular weight excluding hydrogens is 316 g/mol. The third kappa shape index (κ3) is 2.76. The molecule has 0 bridgehead atoms. The topological polar surface area (TPSA) is 17.8 Å². The molecule has 1 heterocycles. The lowest BCUT2D eigenvalue weighted by molar-refractivity contribution is 0.658. The summed E-state index contributed by atoms with van der Waals surface area (Å²) in [5, 5.41) is 0.798. The van der Waals surface area contributed by atoms with Crippen LogP contribution >= 0.6 is 11.6 Å². The molecule has 0 N–H and O–H groups in total. The molecule has 0 amide bonds. The number of hydrogen-bond acceptors (Lipinski definition) is 1. The minimum atomic E-state index is 0.0622. The second-order valence-corrected chi connectivity index (χ2v) is 7.02. The summed E-state index contributed by atoms with van der Waals surface area (Å²) in [6.07, 6.45) is 10.7. The molecule has 3 heteroatoms. The fourth-order valence-electron chi connectivity index (χ4n) is 3.91. The van der Waals surface area contributed by atoms with Gasteiger partial charge in [0.25, 0.3) is 0 Å². The van der Waals surface area contributed by atoms with Crippen molar-refractivity contribution < 1.29 is 0 Å². The summed E-state index contributed by atoms with van der Waals surface area (Å²) in [7, 11) is 0. The second kappa shape index (κ2) is 6.45. The van der Waals surface area contributed by atoms with Gasteiger partial charge in [-0.25, -0.2) is 4.98 Å². The molecule has 1 aliphatic carbocycles. The van der Waals surface area contributed by atoms with E-state index >= 15 is 0 Å². The Morgan fingerprint density at radius 1 is 1.12 bits per heavy atom. The van der Waals surface area contributed by atoms with Gasteiger partial charge in [0.15, 0.2) is 0 Å². The van der Waals surface area contributed by atoms with E-state index in [1.165, 1.54) is 42.4 Å². The highest BCUT2D eigenvalue weighted by Crippen LogP contribution is 2.35. The molecule has 0 spiro atoms. The number of halogens is 1. The van der Waals surface area contributed by atoms with Gasteiger partial charge in [-0.3, -0.25) is 0 Å². The summed E-state index contributed by atoms with van der Waals surface area (Å²) in [4.78, 5) is 4.25. The van der Waals surface area contributed by atoms with E-state index in [4.69, 9.17) is 11.6 Å². The van der Waals surface area contributed by atoms with Gasteiger partial charge in [0.1, 0.15) is 0 Å². The lowest BCUT2D eigenvalue weighted by Gasteiger charge is -2.25. The molecule has 3 aromatic rings. The monoisotopic (exact) mass is 336 g/mol. The summed E-state index contributed by atoms with van der Waals surface area (Å²) in [6.45, 7) is 2.24. The molecule has 0 radical (unpaired) electrons. The van der Waals surface area contributed by atoms with Crippen molar-refractivity contribution in [2.45, 2.75) is 38.6 Å². The van der Waals surface area contributed by atoms with Crippen molar-refractivity contribution in [3.05, 3.63) is 88.0 Å². The van der Waals surface area contributed by atoms with E-state index < -0.39 is 0 Å². The Kier molecular flexibility index (Phi) is 4.15. The van der Waals surface area contributed by atoms with E-state index in [1.807, 2.05) is 30.9 Å². The molecule has 2 aromatic carbocycles. The number of hydrogen-bond donors (Lipinski definition) is 0. The molecule has 0 saturated carbocycles. The predicted octanol–water partition coefficient (Wildman–Crippen LogP) is 5.36. The van der Waals surface area contributed by atoms with Crippen LogP contribution in [0.3, 0.4) is 0 Å². The van der Waals surface area contributed by atoms with E-state index in [-0.39, 0.29) is 6.04 Å². The standard InChI is InChI=1S/C21H21ClN2/c1-15-12-17(13-16-6-2-3-7-18(15)16)21(24-11-10-23-14-24)19-8-4-5-9-20(19)22/h4-5,8-14,21H,2-3,6-7H2,1H3. The molecule has 0 fully saturated rings. The molecule has 0 saturated heterocycles. The Morgan fingerprint density at radius 3 is 2.75 bits per heavy atom. The highest BCUT2D eigenvalue weighted by atomic mass is 35.5. The van der Waals surface area contributed by atoms with Gasteiger partial charge >= 0.3 is 0 Å². The van der Waals surface area contributed by atoms with Crippen LogP contribution in [0.15, 0.2) is 55.1 Å². The van der Waals surface area contributed by atoms with Gasteiger partial charge in [-0.2, -0.15) is 0 Å². The quantitative estimate of drug-likeness (QED) is 0.629. The maximum Gasteiger partial charge on any atom is 0.0954 e. The van der Waals surface area contributed by atoms with Gasteiger partial charge in [0.05, 0.1) is 12.4 Å². The third-order valence-corrected chi connectivity index (χ3v) is 5.39.